The lowest BCUT2D eigenvalue weighted by molar-refractivity contribution is 0.113. The van der Waals surface area contributed by atoms with Gasteiger partial charge in [0.2, 0.25) is 0 Å². The lowest BCUT2D eigenvalue weighted by Crippen LogP contribution is -2.46. The van der Waals surface area contributed by atoms with Gasteiger partial charge >= 0.3 is 0 Å². The predicted octanol–water partition coefficient (Wildman–Crippen LogP) is 1.93. The molecule has 8 heteroatoms. The van der Waals surface area contributed by atoms with E-state index >= 15 is 0 Å². The summed E-state index contributed by atoms with van der Waals surface area (Å²) >= 11 is 0. The summed E-state index contributed by atoms with van der Waals surface area (Å²) in [6.45, 7) is 8.21. The molecule has 4 rings (SSSR count). The monoisotopic (exact) mass is 411 g/mol. The summed E-state index contributed by atoms with van der Waals surface area (Å²) in [5, 5.41) is 15.5. The van der Waals surface area contributed by atoms with Gasteiger partial charge in [0.1, 0.15) is 12.4 Å². The predicted molar refractivity (Wildman–Crippen MR) is 119 cm³/mol. The number of nitrogens with zero attached hydrogens (tertiary/aromatic N) is 5. The second-order valence-corrected chi connectivity index (χ2v) is 8.31. The van der Waals surface area contributed by atoms with E-state index in [0.29, 0.717) is 12.6 Å². The number of aliphatic imine (C=N–C) groups is 1. The SMILES string of the molecule is Cc1ccc(N2CCC(NC(=NCc3nnc(C)n3C)NCC3CCCO3)C2)cc1. The molecule has 0 spiro atoms. The van der Waals surface area contributed by atoms with Crippen LogP contribution in [0, 0.1) is 13.8 Å². The number of aromatic nitrogens is 3. The van der Waals surface area contributed by atoms with Gasteiger partial charge in [-0.25, -0.2) is 4.99 Å². The van der Waals surface area contributed by atoms with Crippen molar-refractivity contribution in [1.29, 1.82) is 0 Å². The van der Waals surface area contributed by atoms with Gasteiger partial charge in [-0.1, -0.05) is 17.7 Å². The van der Waals surface area contributed by atoms with Crippen molar-refractivity contribution in [2.75, 3.05) is 31.1 Å². The summed E-state index contributed by atoms with van der Waals surface area (Å²) in [6, 6.07) is 9.12. The molecule has 0 aliphatic carbocycles. The highest BCUT2D eigenvalue weighted by Gasteiger charge is 2.24. The van der Waals surface area contributed by atoms with Crippen molar-refractivity contribution in [1.82, 2.24) is 25.4 Å². The number of benzene rings is 1. The zero-order valence-electron chi connectivity index (χ0n) is 18.3. The van der Waals surface area contributed by atoms with Crippen LogP contribution in [0.2, 0.25) is 0 Å². The van der Waals surface area contributed by atoms with Crippen LogP contribution in [-0.2, 0) is 18.3 Å². The molecule has 2 unspecified atom stereocenters. The molecule has 2 aliphatic heterocycles. The van der Waals surface area contributed by atoms with Gasteiger partial charge < -0.3 is 24.8 Å². The van der Waals surface area contributed by atoms with Crippen LogP contribution in [0.3, 0.4) is 0 Å². The summed E-state index contributed by atoms with van der Waals surface area (Å²) < 4.78 is 7.75. The molecule has 30 heavy (non-hydrogen) atoms. The van der Waals surface area contributed by atoms with Gasteiger partial charge in [0.25, 0.3) is 0 Å². The quantitative estimate of drug-likeness (QED) is 0.559. The van der Waals surface area contributed by atoms with Crippen LogP contribution >= 0.6 is 0 Å². The Morgan fingerprint density at radius 2 is 2.03 bits per heavy atom. The normalized spacial score (nSPS) is 22.0. The molecule has 3 heterocycles. The number of rotatable bonds is 6. The fraction of sp³-hybridized carbons (Fsp3) is 0.591. The van der Waals surface area contributed by atoms with Crippen molar-refractivity contribution < 1.29 is 4.74 Å². The number of guanidine groups is 1. The fourth-order valence-electron chi connectivity index (χ4n) is 3.97. The standard InChI is InChI=1S/C22H33N7O/c1-16-6-8-19(9-7-16)29-11-10-18(15-29)25-22(23-13-20-5-4-12-30-20)24-14-21-27-26-17(2)28(21)3/h6-9,18,20H,4-5,10-15H2,1-3H3,(H2,23,24,25). The number of nitrogens with one attached hydrogen (secondary N) is 2. The third-order valence-electron chi connectivity index (χ3n) is 6.01. The van der Waals surface area contributed by atoms with E-state index in [2.05, 4.69) is 56.9 Å². The molecule has 2 fully saturated rings. The maximum Gasteiger partial charge on any atom is 0.192 e. The summed E-state index contributed by atoms with van der Waals surface area (Å²) in [5.74, 6) is 2.58. The molecule has 2 aliphatic rings. The Labute approximate surface area is 178 Å². The highest BCUT2D eigenvalue weighted by atomic mass is 16.5. The molecule has 2 atom stereocenters. The molecule has 8 nitrogen and oxygen atoms in total. The summed E-state index contributed by atoms with van der Waals surface area (Å²) in [4.78, 5) is 7.23. The first-order valence-corrected chi connectivity index (χ1v) is 10.9. The summed E-state index contributed by atoms with van der Waals surface area (Å²) in [5.41, 5.74) is 2.57. The molecule has 2 aromatic rings. The first-order valence-electron chi connectivity index (χ1n) is 10.9. The minimum absolute atomic E-state index is 0.265. The Bertz CT molecular complexity index is 855. The van der Waals surface area contributed by atoms with Crippen LogP contribution in [0.25, 0.3) is 0 Å². The van der Waals surface area contributed by atoms with Crippen LogP contribution in [0.5, 0.6) is 0 Å². The molecule has 162 valence electrons. The molecule has 2 N–H and O–H groups in total. The average molecular weight is 412 g/mol. The first kappa shape index (κ1) is 20.7. The van der Waals surface area contributed by atoms with Gasteiger partial charge in [0, 0.05) is 45.0 Å². The average Bonchev–Trinajstić information content (AvgIpc) is 3.49. The van der Waals surface area contributed by atoms with Crippen molar-refractivity contribution in [3.63, 3.8) is 0 Å². The largest absolute Gasteiger partial charge is 0.376 e. The Balaban J connectivity index is 1.39. The van der Waals surface area contributed by atoms with Gasteiger partial charge in [-0.2, -0.15) is 0 Å². The smallest absolute Gasteiger partial charge is 0.192 e. The van der Waals surface area contributed by atoms with E-state index in [0.717, 1.165) is 63.1 Å². The molecule has 0 radical (unpaired) electrons. The highest BCUT2D eigenvalue weighted by Crippen LogP contribution is 2.20. The van der Waals surface area contributed by atoms with Crippen molar-refractivity contribution in [3.8, 4) is 0 Å². The van der Waals surface area contributed by atoms with Crippen molar-refractivity contribution in [2.24, 2.45) is 12.0 Å². The Hall–Kier alpha value is -2.61. The molecule has 0 amide bonds. The van der Waals surface area contributed by atoms with Crippen molar-refractivity contribution in [3.05, 3.63) is 41.5 Å². The van der Waals surface area contributed by atoms with E-state index in [1.54, 1.807) is 0 Å². The zero-order valence-corrected chi connectivity index (χ0v) is 18.3. The molecular formula is C22H33N7O. The van der Waals surface area contributed by atoms with Gasteiger partial charge in [0.15, 0.2) is 11.8 Å². The van der Waals surface area contributed by atoms with E-state index in [4.69, 9.17) is 9.73 Å². The third-order valence-corrected chi connectivity index (χ3v) is 6.01. The fourth-order valence-corrected chi connectivity index (χ4v) is 3.97. The van der Waals surface area contributed by atoms with Crippen LogP contribution in [0.1, 0.15) is 36.5 Å². The van der Waals surface area contributed by atoms with E-state index in [9.17, 15) is 0 Å². The first-order chi connectivity index (χ1) is 14.6. The van der Waals surface area contributed by atoms with Crippen molar-refractivity contribution >= 4 is 11.6 Å². The summed E-state index contributed by atoms with van der Waals surface area (Å²) in [7, 11) is 1.98. The summed E-state index contributed by atoms with van der Waals surface area (Å²) in [6.07, 6.45) is 3.59. The lowest BCUT2D eigenvalue weighted by Gasteiger charge is -2.21. The minimum atomic E-state index is 0.265. The van der Waals surface area contributed by atoms with Gasteiger partial charge in [-0.3, -0.25) is 0 Å². The molecule has 2 saturated heterocycles. The number of hydrogen-bond donors (Lipinski definition) is 2. The maximum atomic E-state index is 5.76. The number of aryl methyl sites for hydroxylation is 2. The van der Waals surface area contributed by atoms with Crippen LogP contribution in [0.4, 0.5) is 5.69 Å². The van der Waals surface area contributed by atoms with Gasteiger partial charge in [-0.15, -0.1) is 10.2 Å². The molecular weight excluding hydrogens is 378 g/mol. The topological polar surface area (TPSA) is 79.6 Å². The van der Waals surface area contributed by atoms with E-state index < -0.39 is 0 Å². The highest BCUT2D eigenvalue weighted by molar-refractivity contribution is 5.80. The van der Waals surface area contributed by atoms with E-state index in [-0.39, 0.29) is 6.10 Å². The number of hydrogen-bond acceptors (Lipinski definition) is 5. The minimum Gasteiger partial charge on any atom is -0.376 e. The Morgan fingerprint density at radius 3 is 2.73 bits per heavy atom. The second kappa shape index (κ2) is 9.47. The number of ether oxygens (including phenoxy) is 1. The van der Waals surface area contributed by atoms with Gasteiger partial charge in [-0.05, 0) is 45.2 Å². The lowest BCUT2D eigenvalue weighted by atomic mass is 10.2. The van der Waals surface area contributed by atoms with Gasteiger partial charge in [0.05, 0.1) is 6.10 Å². The van der Waals surface area contributed by atoms with Crippen LogP contribution < -0.4 is 15.5 Å². The van der Waals surface area contributed by atoms with Crippen molar-refractivity contribution in [2.45, 2.75) is 51.8 Å². The molecule has 1 aromatic carbocycles. The Kier molecular flexibility index (Phi) is 6.52. The third kappa shape index (κ3) is 5.11. The zero-order chi connectivity index (χ0) is 20.9. The number of anilines is 1. The van der Waals surface area contributed by atoms with E-state index in [1.807, 2.05) is 18.5 Å². The van der Waals surface area contributed by atoms with Crippen LogP contribution in [0.15, 0.2) is 29.3 Å². The maximum absolute atomic E-state index is 5.76. The molecule has 0 saturated carbocycles. The Morgan fingerprint density at radius 1 is 1.20 bits per heavy atom. The second-order valence-electron chi connectivity index (χ2n) is 8.31. The van der Waals surface area contributed by atoms with Crippen LogP contribution in [-0.4, -0.2) is 59.1 Å². The molecule has 0 bridgehead atoms. The van der Waals surface area contributed by atoms with E-state index in [1.165, 1.54) is 11.3 Å². The molecule has 1 aromatic heterocycles.